The molecule has 100 valence electrons. The predicted octanol–water partition coefficient (Wildman–Crippen LogP) is 1.81. The van der Waals surface area contributed by atoms with Crippen molar-refractivity contribution in [3.63, 3.8) is 0 Å². The lowest BCUT2D eigenvalue weighted by atomic mass is 10.3. The van der Waals surface area contributed by atoms with Crippen LogP contribution < -0.4 is 15.4 Å². The molecule has 0 radical (unpaired) electrons. The molecule has 1 amide bonds. The molecule has 1 aromatic rings. The van der Waals surface area contributed by atoms with Gasteiger partial charge in [0, 0.05) is 25.7 Å². The van der Waals surface area contributed by atoms with Crippen molar-refractivity contribution >= 4 is 11.7 Å². The molecule has 0 unspecified atom stereocenters. The summed E-state index contributed by atoms with van der Waals surface area (Å²) in [6.45, 7) is 5.83. The molecule has 0 aliphatic carbocycles. The van der Waals surface area contributed by atoms with E-state index in [0.717, 1.165) is 13.0 Å². The molecule has 0 aromatic carbocycles. The van der Waals surface area contributed by atoms with Gasteiger partial charge in [-0.05, 0) is 25.5 Å². The van der Waals surface area contributed by atoms with Gasteiger partial charge < -0.3 is 15.4 Å². The van der Waals surface area contributed by atoms with E-state index in [2.05, 4.69) is 15.6 Å². The minimum absolute atomic E-state index is 0.0539. The van der Waals surface area contributed by atoms with E-state index in [1.165, 1.54) is 0 Å². The number of pyridine rings is 1. The second kappa shape index (κ2) is 8.33. The third kappa shape index (κ3) is 5.03. The van der Waals surface area contributed by atoms with Crippen LogP contribution in [0.3, 0.4) is 0 Å². The second-order valence-electron chi connectivity index (χ2n) is 3.81. The fourth-order valence-electron chi connectivity index (χ4n) is 1.44. The maximum absolute atomic E-state index is 11.4. The fraction of sp³-hybridized carbons (Fsp3) is 0.538. The first kappa shape index (κ1) is 14.3. The number of carbonyl (C=O) groups excluding carboxylic acids is 1. The van der Waals surface area contributed by atoms with Crippen LogP contribution in [0.2, 0.25) is 0 Å². The van der Waals surface area contributed by atoms with E-state index in [1.807, 2.05) is 26.0 Å². The quantitative estimate of drug-likeness (QED) is 0.739. The summed E-state index contributed by atoms with van der Waals surface area (Å²) in [5.41, 5.74) is 0. The molecule has 0 bridgehead atoms. The van der Waals surface area contributed by atoms with Crippen molar-refractivity contribution in [3.05, 3.63) is 18.3 Å². The summed E-state index contributed by atoms with van der Waals surface area (Å²) < 4.78 is 5.43. The standard InChI is InChI=1S/C13H21N3O2/c1-3-8-14-12(17)7-10-16-13-11(18-4-2)6-5-9-15-13/h5-6,9H,3-4,7-8,10H2,1-2H3,(H,14,17)(H,15,16). The predicted molar refractivity (Wildman–Crippen MR) is 71.8 cm³/mol. The van der Waals surface area contributed by atoms with Gasteiger partial charge in [-0.25, -0.2) is 4.98 Å². The van der Waals surface area contributed by atoms with E-state index in [9.17, 15) is 4.79 Å². The molecular weight excluding hydrogens is 230 g/mol. The van der Waals surface area contributed by atoms with Crippen molar-refractivity contribution in [2.45, 2.75) is 26.7 Å². The van der Waals surface area contributed by atoms with Gasteiger partial charge in [-0.1, -0.05) is 6.92 Å². The molecule has 1 heterocycles. The number of hydrogen-bond acceptors (Lipinski definition) is 4. The van der Waals surface area contributed by atoms with E-state index in [1.54, 1.807) is 6.20 Å². The smallest absolute Gasteiger partial charge is 0.221 e. The molecule has 0 saturated carbocycles. The molecule has 1 aromatic heterocycles. The molecule has 1 rings (SSSR count). The van der Waals surface area contributed by atoms with Crippen LogP contribution >= 0.6 is 0 Å². The molecule has 0 aliphatic rings. The van der Waals surface area contributed by atoms with E-state index < -0.39 is 0 Å². The van der Waals surface area contributed by atoms with Crippen molar-refractivity contribution in [1.82, 2.24) is 10.3 Å². The Balaban J connectivity index is 2.36. The van der Waals surface area contributed by atoms with Gasteiger partial charge in [0.1, 0.15) is 0 Å². The molecular formula is C13H21N3O2. The maximum Gasteiger partial charge on any atom is 0.221 e. The Hall–Kier alpha value is -1.78. The van der Waals surface area contributed by atoms with Crippen LogP contribution in [0.1, 0.15) is 26.7 Å². The number of carbonyl (C=O) groups is 1. The van der Waals surface area contributed by atoms with Crippen molar-refractivity contribution in [1.29, 1.82) is 0 Å². The van der Waals surface area contributed by atoms with E-state index in [0.29, 0.717) is 31.1 Å². The lowest BCUT2D eigenvalue weighted by Gasteiger charge is -2.10. The minimum Gasteiger partial charge on any atom is -0.490 e. The number of nitrogens with zero attached hydrogens (tertiary/aromatic N) is 1. The molecule has 0 fully saturated rings. The maximum atomic E-state index is 11.4. The van der Waals surface area contributed by atoms with Crippen LogP contribution in [0.25, 0.3) is 0 Å². The van der Waals surface area contributed by atoms with E-state index >= 15 is 0 Å². The summed E-state index contributed by atoms with van der Waals surface area (Å²) in [6.07, 6.45) is 3.08. The third-order valence-corrected chi connectivity index (χ3v) is 2.29. The Morgan fingerprint density at radius 3 is 2.94 bits per heavy atom. The fourth-order valence-corrected chi connectivity index (χ4v) is 1.44. The molecule has 0 saturated heterocycles. The second-order valence-corrected chi connectivity index (χ2v) is 3.81. The summed E-state index contributed by atoms with van der Waals surface area (Å²) in [5.74, 6) is 1.45. The summed E-state index contributed by atoms with van der Waals surface area (Å²) >= 11 is 0. The van der Waals surface area contributed by atoms with Crippen molar-refractivity contribution in [2.24, 2.45) is 0 Å². The molecule has 18 heavy (non-hydrogen) atoms. The lowest BCUT2D eigenvalue weighted by molar-refractivity contribution is -0.120. The Morgan fingerprint density at radius 1 is 1.39 bits per heavy atom. The van der Waals surface area contributed by atoms with Gasteiger partial charge in [-0.15, -0.1) is 0 Å². The normalized spacial score (nSPS) is 9.89. The number of rotatable bonds is 8. The summed E-state index contributed by atoms with van der Waals surface area (Å²) in [6, 6.07) is 3.68. The molecule has 0 aliphatic heterocycles. The highest BCUT2D eigenvalue weighted by Crippen LogP contribution is 2.20. The molecule has 5 nitrogen and oxygen atoms in total. The summed E-state index contributed by atoms with van der Waals surface area (Å²) in [7, 11) is 0. The molecule has 0 atom stereocenters. The van der Waals surface area contributed by atoms with Crippen LogP contribution in [0.4, 0.5) is 5.82 Å². The van der Waals surface area contributed by atoms with E-state index in [-0.39, 0.29) is 5.91 Å². The first-order valence-corrected chi connectivity index (χ1v) is 6.36. The average Bonchev–Trinajstić information content (AvgIpc) is 2.38. The number of anilines is 1. The highest BCUT2D eigenvalue weighted by Gasteiger charge is 2.04. The largest absolute Gasteiger partial charge is 0.490 e. The monoisotopic (exact) mass is 251 g/mol. The van der Waals surface area contributed by atoms with Crippen LogP contribution in [0, 0.1) is 0 Å². The number of ether oxygens (including phenoxy) is 1. The Morgan fingerprint density at radius 2 is 2.22 bits per heavy atom. The topological polar surface area (TPSA) is 63.2 Å². The third-order valence-electron chi connectivity index (χ3n) is 2.29. The van der Waals surface area contributed by atoms with Crippen LogP contribution in [0.15, 0.2) is 18.3 Å². The Bertz CT molecular complexity index is 369. The highest BCUT2D eigenvalue weighted by atomic mass is 16.5. The Labute approximate surface area is 108 Å². The first-order chi connectivity index (χ1) is 8.77. The Kier molecular flexibility index (Phi) is 6.61. The van der Waals surface area contributed by atoms with Crippen LogP contribution in [-0.2, 0) is 4.79 Å². The SMILES string of the molecule is CCCNC(=O)CCNc1ncccc1OCC. The number of hydrogen-bond donors (Lipinski definition) is 2. The number of amides is 1. The average molecular weight is 251 g/mol. The van der Waals surface area contributed by atoms with Crippen molar-refractivity contribution in [2.75, 3.05) is 25.0 Å². The summed E-state index contributed by atoms with van der Waals surface area (Å²) in [5, 5.41) is 5.94. The number of nitrogens with one attached hydrogen (secondary N) is 2. The zero-order valence-corrected chi connectivity index (χ0v) is 11.0. The molecule has 5 heteroatoms. The van der Waals surface area contributed by atoms with Crippen molar-refractivity contribution < 1.29 is 9.53 Å². The zero-order chi connectivity index (χ0) is 13.2. The van der Waals surface area contributed by atoms with Crippen LogP contribution in [-0.4, -0.2) is 30.6 Å². The van der Waals surface area contributed by atoms with Gasteiger partial charge >= 0.3 is 0 Å². The lowest BCUT2D eigenvalue weighted by Crippen LogP contribution is -2.26. The molecule has 0 spiro atoms. The van der Waals surface area contributed by atoms with Gasteiger partial charge in [0.15, 0.2) is 11.6 Å². The molecule has 2 N–H and O–H groups in total. The minimum atomic E-state index is 0.0539. The van der Waals surface area contributed by atoms with Gasteiger partial charge in [0.05, 0.1) is 6.61 Å². The van der Waals surface area contributed by atoms with Gasteiger partial charge in [-0.3, -0.25) is 4.79 Å². The van der Waals surface area contributed by atoms with Gasteiger partial charge in [0.2, 0.25) is 5.91 Å². The highest BCUT2D eigenvalue weighted by molar-refractivity contribution is 5.76. The van der Waals surface area contributed by atoms with E-state index in [4.69, 9.17) is 4.74 Å². The summed E-state index contributed by atoms with van der Waals surface area (Å²) in [4.78, 5) is 15.6. The van der Waals surface area contributed by atoms with Crippen LogP contribution in [0.5, 0.6) is 5.75 Å². The number of aromatic nitrogens is 1. The van der Waals surface area contributed by atoms with Crippen molar-refractivity contribution in [3.8, 4) is 5.75 Å². The van der Waals surface area contributed by atoms with Gasteiger partial charge in [-0.2, -0.15) is 0 Å². The first-order valence-electron chi connectivity index (χ1n) is 6.36. The van der Waals surface area contributed by atoms with Gasteiger partial charge in [0.25, 0.3) is 0 Å². The zero-order valence-electron chi connectivity index (χ0n) is 11.0.